The molecule has 0 fully saturated rings. The number of hydrogen-bond donors (Lipinski definition) is 1. The molecule has 0 aliphatic carbocycles. The van der Waals surface area contributed by atoms with E-state index in [1.165, 1.54) is 6.20 Å². The van der Waals surface area contributed by atoms with Gasteiger partial charge in [-0.05, 0) is 7.05 Å². The number of aromatic nitrogens is 1. The fourth-order valence-electron chi connectivity index (χ4n) is 0.861. The molecule has 0 aromatic carbocycles. The lowest BCUT2D eigenvalue weighted by atomic mass is 10.3. The minimum atomic E-state index is -2.75. The normalized spacial score (nSPS) is 12.0. The maximum atomic E-state index is 12.7. The van der Waals surface area contributed by atoms with Crippen molar-refractivity contribution in [1.82, 2.24) is 10.3 Å². The van der Waals surface area contributed by atoms with Crippen molar-refractivity contribution < 1.29 is 8.78 Å². The molecule has 1 N–H and O–H groups in total. The fourth-order valence-corrected chi connectivity index (χ4v) is 1.71. The molecule has 0 aliphatic rings. The first-order chi connectivity index (χ1) is 6.04. The van der Waals surface area contributed by atoms with Crippen molar-refractivity contribution in [2.24, 2.45) is 0 Å². The summed E-state index contributed by atoms with van der Waals surface area (Å²) in [6, 6.07) is 0. The molecule has 0 radical (unpaired) electrons. The van der Waals surface area contributed by atoms with Gasteiger partial charge in [0.2, 0.25) is 0 Å². The van der Waals surface area contributed by atoms with Gasteiger partial charge >= 0.3 is 0 Å². The third-order valence-corrected chi connectivity index (χ3v) is 2.80. The lowest BCUT2D eigenvalue weighted by Gasteiger charge is -2.04. The summed E-state index contributed by atoms with van der Waals surface area (Å²) in [5.74, 6) is -2.75. The van der Waals surface area contributed by atoms with Crippen LogP contribution in [0.25, 0.3) is 0 Å². The SMILES string of the molecule is CNCCc1ncc(C(C)(F)F)s1. The maximum Gasteiger partial charge on any atom is 0.281 e. The molecule has 0 saturated carbocycles. The highest BCUT2D eigenvalue weighted by Crippen LogP contribution is 2.31. The Bertz CT molecular complexity index is 267. The Morgan fingerprint density at radius 2 is 2.31 bits per heavy atom. The monoisotopic (exact) mass is 206 g/mol. The van der Waals surface area contributed by atoms with Crippen LogP contribution in [0.15, 0.2) is 6.20 Å². The summed E-state index contributed by atoms with van der Waals surface area (Å²) in [7, 11) is 1.82. The van der Waals surface area contributed by atoms with Gasteiger partial charge in [-0.15, -0.1) is 11.3 Å². The van der Waals surface area contributed by atoms with Crippen molar-refractivity contribution in [2.75, 3.05) is 13.6 Å². The van der Waals surface area contributed by atoms with Crippen LogP contribution < -0.4 is 5.32 Å². The van der Waals surface area contributed by atoms with Crippen LogP contribution in [0.1, 0.15) is 16.8 Å². The van der Waals surface area contributed by atoms with Crippen LogP contribution in [0.4, 0.5) is 8.78 Å². The molecule has 1 aromatic rings. The predicted octanol–water partition coefficient (Wildman–Crippen LogP) is 2.02. The first kappa shape index (κ1) is 10.5. The zero-order valence-corrected chi connectivity index (χ0v) is 8.42. The standard InChI is InChI=1S/C8H12F2N2S/c1-8(9,10)6-5-12-7(13-6)3-4-11-2/h5,11H,3-4H2,1-2H3. The number of nitrogens with zero attached hydrogens (tertiary/aromatic N) is 1. The number of likely N-dealkylation sites (N-methyl/N-ethyl adjacent to an activating group) is 1. The predicted molar refractivity (Wildman–Crippen MR) is 49.3 cm³/mol. The van der Waals surface area contributed by atoms with Crippen LogP contribution in [-0.2, 0) is 12.3 Å². The molecule has 13 heavy (non-hydrogen) atoms. The maximum absolute atomic E-state index is 12.7. The van der Waals surface area contributed by atoms with E-state index in [-0.39, 0.29) is 4.88 Å². The van der Waals surface area contributed by atoms with Gasteiger partial charge in [0.1, 0.15) is 0 Å². The summed E-state index contributed by atoms with van der Waals surface area (Å²) in [6.45, 7) is 1.66. The molecule has 1 aromatic heterocycles. The molecule has 2 nitrogen and oxygen atoms in total. The van der Waals surface area contributed by atoms with Crippen LogP contribution in [0.5, 0.6) is 0 Å². The van der Waals surface area contributed by atoms with Gasteiger partial charge in [-0.2, -0.15) is 0 Å². The second-order valence-corrected chi connectivity index (χ2v) is 3.98. The third-order valence-electron chi connectivity index (χ3n) is 1.58. The Labute approximate surface area is 80.0 Å². The average molecular weight is 206 g/mol. The lowest BCUT2D eigenvalue weighted by Crippen LogP contribution is -2.09. The Hall–Kier alpha value is -0.550. The summed E-state index contributed by atoms with van der Waals surface area (Å²) in [5.41, 5.74) is 0. The number of hydrogen-bond acceptors (Lipinski definition) is 3. The molecule has 0 amide bonds. The topological polar surface area (TPSA) is 24.9 Å². The lowest BCUT2D eigenvalue weighted by molar-refractivity contribution is 0.0213. The molecule has 74 valence electrons. The molecular weight excluding hydrogens is 194 g/mol. The number of nitrogens with one attached hydrogen (secondary N) is 1. The van der Waals surface area contributed by atoms with E-state index in [1.807, 2.05) is 7.05 Å². The molecular formula is C8H12F2N2S. The summed E-state index contributed by atoms with van der Waals surface area (Å²) < 4.78 is 25.5. The average Bonchev–Trinajstić information content (AvgIpc) is 2.47. The summed E-state index contributed by atoms with van der Waals surface area (Å²) >= 11 is 1.08. The van der Waals surface area contributed by atoms with Gasteiger partial charge in [0.15, 0.2) is 0 Å². The largest absolute Gasteiger partial charge is 0.319 e. The van der Waals surface area contributed by atoms with E-state index in [2.05, 4.69) is 10.3 Å². The second kappa shape index (κ2) is 4.11. The van der Waals surface area contributed by atoms with E-state index in [0.29, 0.717) is 6.42 Å². The van der Waals surface area contributed by atoms with E-state index < -0.39 is 5.92 Å². The zero-order chi connectivity index (χ0) is 9.90. The van der Waals surface area contributed by atoms with Crippen LogP contribution in [0, 0.1) is 0 Å². The Morgan fingerprint density at radius 3 is 2.77 bits per heavy atom. The van der Waals surface area contributed by atoms with Crippen molar-refractivity contribution in [3.05, 3.63) is 16.1 Å². The van der Waals surface area contributed by atoms with Crippen molar-refractivity contribution >= 4 is 11.3 Å². The van der Waals surface area contributed by atoms with Gasteiger partial charge in [-0.1, -0.05) is 0 Å². The number of halogens is 2. The molecule has 0 atom stereocenters. The van der Waals surface area contributed by atoms with Crippen molar-refractivity contribution in [2.45, 2.75) is 19.3 Å². The van der Waals surface area contributed by atoms with Gasteiger partial charge < -0.3 is 5.32 Å². The molecule has 5 heteroatoms. The molecule has 0 aliphatic heterocycles. The van der Waals surface area contributed by atoms with E-state index in [1.54, 1.807) is 0 Å². The molecule has 0 spiro atoms. The quantitative estimate of drug-likeness (QED) is 0.815. The van der Waals surface area contributed by atoms with Gasteiger partial charge in [0, 0.05) is 26.1 Å². The summed E-state index contributed by atoms with van der Waals surface area (Å²) in [6.07, 6.45) is 1.97. The minimum absolute atomic E-state index is 0.0404. The van der Waals surface area contributed by atoms with Crippen molar-refractivity contribution in [3.63, 3.8) is 0 Å². The van der Waals surface area contributed by atoms with Crippen LogP contribution >= 0.6 is 11.3 Å². The highest BCUT2D eigenvalue weighted by atomic mass is 32.1. The first-order valence-corrected chi connectivity index (χ1v) is 4.83. The van der Waals surface area contributed by atoms with Crippen molar-refractivity contribution in [3.8, 4) is 0 Å². The second-order valence-electron chi connectivity index (χ2n) is 2.86. The van der Waals surface area contributed by atoms with Crippen molar-refractivity contribution in [1.29, 1.82) is 0 Å². The highest BCUT2D eigenvalue weighted by Gasteiger charge is 2.26. The van der Waals surface area contributed by atoms with Crippen LogP contribution in [0.2, 0.25) is 0 Å². The molecule has 1 heterocycles. The number of rotatable bonds is 4. The first-order valence-electron chi connectivity index (χ1n) is 4.01. The third kappa shape index (κ3) is 3.00. The number of alkyl halides is 2. The number of thiazole rings is 1. The van der Waals surface area contributed by atoms with Gasteiger partial charge in [0.25, 0.3) is 5.92 Å². The van der Waals surface area contributed by atoms with E-state index in [9.17, 15) is 8.78 Å². The summed E-state index contributed by atoms with van der Waals surface area (Å²) in [5, 5.41) is 3.70. The fraction of sp³-hybridized carbons (Fsp3) is 0.625. The molecule has 0 unspecified atom stereocenters. The van der Waals surface area contributed by atoms with E-state index in [4.69, 9.17) is 0 Å². The highest BCUT2D eigenvalue weighted by molar-refractivity contribution is 7.11. The molecule has 0 bridgehead atoms. The molecule has 0 saturated heterocycles. The van der Waals surface area contributed by atoms with Gasteiger partial charge in [0.05, 0.1) is 9.88 Å². The van der Waals surface area contributed by atoms with E-state index in [0.717, 1.165) is 29.8 Å². The summed E-state index contributed by atoms with van der Waals surface area (Å²) in [4.78, 5) is 3.96. The zero-order valence-electron chi connectivity index (χ0n) is 7.60. The van der Waals surface area contributed by atoms with Crippen LogP contribution in [-0.4, -0.2) is 18.6 Å². The Kier molecular flexibility index (Phi) is 3.33. The van der Waals surface area contributed by atoms with E-state index >= 15 is 0 Å². The van der Waals surface area contributed by atoms with Gasteiger partial charge in [-0.25, -0.2) is 13.8 Å². The minimum Gasteiger partial charge on any atom is -0.319 e. The molecule has 1 rings (SSSR count). The Balaban J connectivity index is 2.64. The van der Waals surface area contributed by atoms with Crippen LogP contribution in [0.3, 0.4) is 0 Å². The smallest absolute Gasteiger partial charge is 0.281 e. The van der Waals surface area contributed by atoms with Gasteiger partial charge in [-0.3, -0.25) is 0 Å². The Morgan fingerprint density at radius 1 is 1.62 bits per heavy atom.